The molecule has 2 fully saturated rings. The molecule has 0 spiro atoms. The Morgan fingerprint density at radius 2 is 1.70 bits per heavy atom. The van der Waals surface area contributed by atoms with Gasteiger partial charge in [0.2, 0.25) is 0 Å². The van der Waals surface area contributed by atoms with E-state index < -0.39 is 0 Å². The molecule has 1 saturated carbocycles. The van der Waals surface area contributed by atoms with Crippen LogP contribution in [0.5, 0.6) is 0 Å². The van der Waals surface area contributed by atoms with Gasteiger partial charge in [-0.25, -0.2) is 0 Å². The van der Waals surface area contributed by atoms with Gasteiger partial charge < -0.3 is 0 Å². The normalized spacial score (nSPS) is 41.7. The van der Waals surface area contributed by atoms with Crippen molar-refractivity contribution in [2.45, 2.75) is 109 Å². The quantitative estimate of drug-likeness (QED) is 0.601. The molecule has 131 valence electrons. The van der Waals surface area contributed by atoms with Crippen LogP contribution in [0.3, 0.4) is 0 Å². The summed E-state index contributed by atoms with van der Waals surface area (Å²) in [5.74, 6) is 0. The van der Waals surface area contributed by atoms with Crippen LogP contribution in [-0.4, -0.2) is 28.4 Å². The molecular weight excluding hydrogens is 280 g/mol. The Morgan fingerprint density at radius 3 is 2.48 bits per heavy atom. The summed E-state index contributed by atoms with van der Waals surface area (Å²) in [5, 5.41) is 0. The summed E-state index contributed by atoms with van der Waals surface area (Å²) in [6, 6.07) is 0. The highest BCUT2D eigenvalue weighted by molar-refractivity contribution is 5.93. The van der Waals surface area contributed by atoms with Crippen molar-refractivity contribution in [3.8, 4) is 0 Å². The second-order valence-electron chi connectivity index (χ2n) is 8.86. The Kier molecular flexibility index (Phi) is 4.93. The Balaban J connectivity index is 2.03. The van der Waals surface area contributed by atoms with Crippen molar-refractivity contribution in [1.82, 2.24) is 4.90 Å². The van der Waals surface area contributed by atoms with E-state index in [-0.39, 0.29) is 5.66 Å². The highest BCUT2D eigenvalue weighted by atomic mass is 15.4. The maximum Gasteiger partial charge on any atom is 0.110 e. The van der Waals surface area contributed by atoms with E-state index in [0.29, 0.717) is 11.0 Å². The van der Waals surface area contributed by atoms with E-state index in [2.05, 4.69) is 32.6 Å². The molecule has 0 amide bonds. The van der Waals surface area contributed by atoms with Gasteiger partial charge in [0, 0.05) is 23.2 Å². The van der Waals surface area contributed by atoms with Gasteiger partial charge >= 0.3 is 0 Å². The molecule has 2 heteroatoms. The lowest BCUT2D eigenvalue weighted by molar-refractivity contribution is -0.0886. The van der Waals surface area contributed by atoms with Gasteiger partial charge in [-0.3, -0.25) is 9.89 Å². The summed E-state index contributed by atoms with van der Waals surface area (Å²) in [4.78, 5) is 8.31. The fourth-order valence-corrected chi connectivity index (χ4v) is 5.77. The average molecular weight is 318 g/mol. The molecule has 3 aliphatic rings. The van der Waals surface area contributed by atoms with Gasteiger partial charge in [0.1, 0.15) is 5.66 Å². The van der Waals surface area contributed by atoms with Crippen molar-refractivity contribution >= 4 is 5.71 Å². The van der Waals surface area contributed by atoms with Gasteiger partial charge in [0.05, 0.1) is 0 Å². The van der Waals surface area contributed by atoms with Gasteiger partial charge in [-0.15, -0.1) is 0 Å². The van der Waals surface area contributed by atoms with Crippen molar-refractivity contribution in [3.05, 3.63) is 6.92 Å². The van der Waals surface area contributed by atoms with E-state index in [0.717, 1.165) is 6.42 Å². The van der Waals surface area contributed by atoms with Crippen LogP contribution in [0.2, 0.25) is 0 Å². The molecule has 1 aliphatic carbocycles. The number of aliphatic imine (C=N–C) groups is 1. The molecule has 0 N–H and O–H groups in total. The van der Waals surface area contributed by atoms with Crippen LogP contribution in [0.15, 0.2) is 4.99 Å². The van der Waals surface area contributed by atoms with Crippen LogP contribution >= 0.6 is 0 Å². The summed E-state index contributed by atoms with van der Waals surface area (Å²) < 4.78 is 0. The highest BCUT2D eigenvalue weighted by Crippen LogP contribution is 2.55. The third-order valence-electron chi connectivity index (χ3n) is 7.41. The van der Waals surface area contributed by atoms with Crippen molar-refractivity contribution < 1.29 is 0 Å². The summed E-state index contributed by atoms with van der Waals surface area (Å²) in [5.41, 5.74) is 2.19. The maximum absolute atomic E-state index is 5.46. The minimum absolute atomic E-state index is 0.0442. The lowest BCUT2D eigenvalue weighted by Gasteiger charge is -2.64. The largest absolute Gasteiger partial charge is 0.273 e. The molecular formula is C21H37N2. The zero-order chi connectivity index (χ0) is 16.6. The molecule has 3 atom stereocenters. The second kappa shape index (κ2) is 6.50. The minimum atomic E-state index is 0.0442. The van der Waals surface area contributed by atoms with Crippen molar-refractivity contribution in [3.63, 3.8) is 0 Å². The lowest BCUT2D eigenvalue weighted by Crippen LogP contribution is -2.70. The predicted molar refractivity (Wildman–Crippen MR) is 99.8 cm³/mol. The van der Waals surface area contributed by atoms with Gasteiger partial charge in [-0.2, -0.15) is 0 Å². The number of hydrogen-bond acceptors (Lipinski definition) is 2. The van der Waals surface area contributed by atoms with Crippen LogP contribution in [-0.2, 0) is 0 Å². The molecule has 1 saturated heterocycles. The molecule has 0 aromatic heterocycles. The van der Waals surface area contributed by atoms with E-state index >= 15 is 0 Å². The summed E-state index contributed by atoms with van der Waals surface area (Å²) in [6.45, 7) is 12.8. The summed E-state index contributed by atoms with van der Waals surface area (Å²) in [7, 11) is 0. The van der Waals surface area contributed by atoms with E-state index in [1.54, 1.807) is 5.71 Å². The third-order valence-corrected chi connectivity index (χ3v) is 7.41. The molecule has 3 rings (SSSR count). The topological polar surface area (TPSA) is 15.6 Å². The van der Waals surface area contributed by atoms with E-state index in [4.69, 9.17) is 4.99 Å². The van der Waals surface area contributed by atoms with Crippen molar-refractivity contribution in [2.75, 3.05) is 6.54 Å². The van der Waals surface area contributed by atoms with E-state index in [1.807, 2.05) is 0 Å². The fraction of sp³-hybridized carbons (Fsp3) is 0.905. The van der Waals surface area contributed by atoms with E-state index in [1.165, 1.54) is 77.2 Å². The zero-order valence-corrected chi connectivity index (χ0v) is 15.8. The van der Waals surface area contributed by atoms with Crippen LogP contribution < -0.4 is 0 Å². The smallest absolute Gasteiger partial charge is 0.110 e. The van der Waals surface area contributed by atoms with Crippen molar-refractivity contribution in [2.24, 2.45) is 10.4 Å². The van der Waals surface area contributed by atoms with Crippen molar-refractivity contribution in [1.29, 1.82) is 0 Å². The second-order valence-corrected chi connectivity index (χ2v) is 8.86. The molecule has 1 radical (unpaired) electrons. The lowest BCUT2D eigenvalue weighted by atomic mass is 9.57. The van der Waals surface area contributed by atoms with E-state index in [9.17, 15) is 0 Å². The molecule has 2 aliphatic heterocycles. The number of nitrogens with zero attached hydrogens (tertiary/aromatic N) is 2. The van der Waals surface area contributed by atoms with Gasteiger partial charge in [-0.05, 0) is 58.8 Å². The first-order valence-electron chi connectivity index (χ1n) is 10.1. The summed E-state index contributed by atoms with van der Waals surface area (Å²) >= 11 is 0. The molecule has 2 heterocycles. The standard InChI is InChI=1S/C21H37N2/c1-5-6-12-17-23-20(3)15-9-7-10-16-21(23,4)22-18-13-8-11-14-19(18,20)2/h1,5-17H2,2-4H3. The maximum atomic E-state index is 5.46. The van der Waals surface area contributed by atoms with Crippen LogP contribution in [0.25, 0.3) is 0 Å². The highest BCUT2D eigenvalue weighted by Gasteiger charge is 2.59. The molecule has 0 aromatic rings. The number of rotatable bonds is 4. The van der Waals surface area contributed by atoms with Gasteiger partial charge in [0.15, 0.2) is 0 Å². The Bertz CT molecular complexity index is 457. The number of fused-ring (bicyclic) bond motifs is 4. The first-order chi connectivity index (χ1) is 11.0. The Labute approximate surface area is 144 Å². The third kappa shape index (κ3) is 2.79. The average Bonchev–Trinajstić information content (AvgIpc) is 2.51. The molecule has 0 aromatic carbocycles. The zero-order valence-electron chi connectivity index (χ0n) is 15.8. The summed E-state index contributed by atoms with van der Waals surface area (Å²) in [6.07, 6.45) is 15.6. The SMILES string of the molecule is [CH2]CCCCN1C2(C)CCCCCC1(C)C1(C)CCCCC1=N2. The van der Waals surface area contributed by atoms with Gasteiger partial charge in [-0.1, -0.05) is 46.0 Å². The monoisotopic (exact) mass is 317 g/mol. The molecule has 2 nitrogen and oxygen atoms in total. The number of unbranched alkanes of at least 4 members (excludes halogenated alkanes) is 2. The first-order valence-corrected chi connectivity index (χ1v) is 10.1. The minimum Gasteiger partial charge on any atom is -0.273 e. The van der Waals surface area contributed by atoms with Gasteiger partial charge in [0.25, 0.3) is 0 Å². The Hall–Kier alpha value is -0.370. The molecule has 3 unspecified atom stereocenters. The predicted octanol–water partition coefficient (Wildman–Crippen LogP) is 5.77. The first kappa shape index (κ1) is 17.5. The van der Waals surface area contributed by atoms with Crippen LogP contribution in [0, 0.1) is 12.3 Å². The van der Waals surface area contributed by atoms with Crippen LogP contribution in [0.4, 0.5) is 0 Å². The van der Waals surface area contributed by atoms with Crippen LogP contribution in [0.1, 0.15) is 97.8 Å². The molecule has 23 heavy (non-hydrogen) atoms. The number of hydrogen-bond donors (Lipinski definition) is 0. The molecule has 2 bridgehead atoms. The Morgan fingerprint density at radius 1 is 0.957 bits per heavy atom. The fourth-order valence-electron chi connectivity index (χ4n) is 5.77.